The molecule has 0 saturated heterocycles. The summed E-state index contributed by atoms with van der Waals surface area (Å²) in [4.78, 5) is 8.25. The minimum atomic E-state index is -1.75. The zero-order valence-electron chi connectivity index (χ0n) is 3.96. The second-order valence-corrected chi connectivity index (χ2v) is 0.224. The second kappa shape index (κ2) is 15.6. The molecule has 7 heteroatoms. The molecule has 0 aromatic heterocycles. The fourth-order valence-corrected chi connectivity index (χ4v) is 0. The van der Waals surface area contributed by atoms with Crippen molar-refractivity contribution in [2.45, 2.75) is 0 Å². The van der Waals surface area contributed by atoms with E-state index in [-0.39, 0.29) is 79.3 Å². The van der Waals surface area contributed by atoms with E-state index in [1.165, 1.54) is 0 Å². The Morgan fingerprint density at radius 2 is 1.29 bits per heavy atom. The van der Waals surface area contributed by atoms with E-state index in [1.54, 1.807) is 0 Å². The van der Waals surface area contributed by atoms with E-state index in [2.05, 4.69) is 0 Å². The van der Waals surface area contributed by atoms with E-state index in [0.29, 0.717) is 0 Å². The van der Waals surface area contributed by atoms with Gasteiger partial charge in [0.15, 0.2) is 0 Å². The van der Waals surface area contributed by atoms with E-state index in [1.807, 2.05) is 0 Å². The van der Waals surface area contributed by atoms with Gasteiger partial charge in [-0.15, -0.1) is 0 Å². The van der Waals surface area contributed by atoms with Gasteiger partial charge in [0, 0.05) is 27.9 Å². The molecular formula is BKNO3Zn. The van der Waals surface area contributed by atoms with Gasteiger partial charge in [0.05, 0.1) is 5.09 Å². The topological polar surface area (TPSA) is 66.2 Å². The Morgan fingerprint density at radius 1 is 1.29 bits per heavy atom. The van der Waals surface area contributed by atoms with Crippen LogP contribution in [-0.4, -0.2) is 13.5 Å². The minimum absolute atomic E-state index is 0. The smallest absolute Gasteiger partial charge is 0.356 e. The van der Waals surface area contributed by atoms with E-state index in [0.717, 1.165) is 0 Å². The van der Waals surface area contributed by atoms with E-state index in [9.17, 15) is 0 Å². The van der Waals surface area contributed by atoms with Gasteiger partial charge >= 0.3 is 51.4 Å². The van der Waals surface area contributed by atoms with Crippen molar-refractivity contribution in [2.75, 3.05) is 0 Å². The quantitative estimate of drug-likeness (QED) is 0.218. The van der Waals surface area contributed by atoms with Gasteiger partial charge in [-0.2, -0.15) is 0 Å². The third-order valence-corrected chi connectivity index (χ3v) is 0. The summed E-state index contributed by atoms with van der Waals surface area (Å²) in [6, 6.07) is 0. The first-order valence-corrected chi connectivity index (χ1v) is 0.548. The Bertz CT molecular complexity index is 37.9. The average molecular weight is 177 g/mol. The van der Waals surface area contributed by atoms with E-state index in [4.69, 9.17) is 15.3 Å². The van der Waals surface area contributed by atoms with Crippen molar-refractivity contribution in [2.24, 2.45) is 0 Å². The predicted molar refractivity (Wildman–Crippen MR) is 16.1 cm³/mol. The largest absolute Gasteiger partial charge is 1.00 e. The molecule has 7 heavy (non-hydrogen) atoms. The summed E-state index contributed by atoms with van der Waals surface area (Å²) in [5.74, 6) is 0. The third kappa shape index (κ3) is 98.8. The Labute approximate surface area is 97.9 Å². The van der Waals surface area contributed by atoms with Gasteiger partial charge in [0.25, 0.3) is 0 Å². The van der Waals surface area contributed by atoms with E-state index < -0.39 is 5.09 Å². The molecule has 0 bridgehead atoms. The molecule has 0 atom stereocenters. The molecule has 4 nitrogen and oxygen atoms in total. The van der Waals surface area contributed by atoms with Crippen LogP contribution in [-0.2, 0) is 19.5 Å². The van der Waals surface area contributed by atoms with E-state index >= 15 is 0 Å². The summed E-state index contributed by atoms with van der Waals surface area (Å²) in [7, 11) is 0. The standard InChI is InChI=1S/B.K.NO3.Zn/c;;2-1(3)4;/q;+1;-1;. The SMILES string of the molecule is O=[N+]([O-])[O-].[B].[K+].[Zn]. The molecule has 0 aliphatic heterocycles. The molecule has 29 valence electrons. The first kappa shape index (κ1) is 23.6. The molecular weight excluding hydrogens is 177 g/mol. The van der Waals surface area contributed by atoms with Crippen LogP contribution in [0.4, 0.5) is 0 Å². The van der Waals surface area contributed by atoms with Crippen LogP contribution in [0.5, 0.6) is 0 Å². The average Bonchev–Trinajstić information content (AvgIpc) is 0.811. The van der Waals surface area contributed by atoms with Crippen molar-refractivity contribution < 1.29 is 75.9 Å². The molecule has 0 aromatic carbocycles. The van der Waals surface area contributed by atoms with Crippen LogP contribution in [0.3, 0.4) is 0 Å². The molecule has 0 fully saturated rings. The van der Waals surface area contributed by atoms with Crippen molar-refractivity contribution in [3.8, 4) is 0 Å². The summed E-state index contributed by atoms with van der Waals surface area (Å²) >= 11 is 0. The number of hydrogen-bond donors (Lipinski definition) is 0. The van der Waals surface area contributed by atoms with Gasteiger partial charge in [-0.1, -0.05) is 0 Å². The Morgan fingerprint density at radius 3 is 1.29 bits per heavy atom. The number of hydrogen-bond acceptors (Lipinski definition) is 3. The van der Waals surface area contributed by atoms with Crippen LogP contribution in [0.2, 0.25) is 0 Å². The monoisotopic (exact) mass is 176 g/mol. The number of nitrogens with zero attached hydrogens (tertiary/aromatic N) is 1. The molecule has 0 aromatic rings. The van der Waals surface area contributed by atoms with Crippen LogP contribution >= 0.6 is 0 Å². The van der Waals surface area contributed by atoms with Crippen LogP contribution < -0.4 is 51.4 Å². The zero-order valence-corrected chi connectivity index (χ0v) is 10.0. The van der Waals surface area contributed by atoms with Crippen LogP contribution in [0.25, 0.3) is 0 Å². The Hall–Kier alpha value is 1.52. The zero-order chi connectivity index (χ0) is 3.58. The normalized spacial score (nSPS) is 3.43. The van der Waals surface area contributed by atoms with Crippen molar-refractivity contribution >= 4 is 8.41 Å². The summed E-state index contributed by atoms with van der Waals surface area (Å²) < 4.78 is 0. The minimum Gasteiger partial charge on any atom is -0.356 e. The van der Waals surface area contributed by atoms with Gasteiger partial charge in [-0.05, 0) is 0 Å². The van der Waals surface area contributed by atoms with Gasteiger partial charge in [0.1, 0.15) is 0 Å². The van der Waals surface area contributed by atoms with Crippen LogP contribution in [0.15, 0.2) is 0 Å². The maximum absolute atomic E-state index is 8.25. The molecule has 0 rings (SSSR count). The fraction of sp³-hybridized carbons (Fsp3) is 0. The molecule has 0 aliphatic rings. The van der Waals surface area contributed by atoms with Crippen molar-refractivity contribution in [3.05, 3.63) is 15.3 Å². The predicted octanol–water partition coefficient (Wildman–Crippen LogP) is -3.62. The van der Waals surface area contributed by atoms with Gasteiger partial charge in [0.2, 0.25) is 0 Å². The fourth-order valence-electron chi connectivity index (χ4n) is 0. The summed E-state index contributed by atoms with van der Waals surface area (Å²) in [5.41, 5.74) is 0. The van der Waals surface area contributed by atoms with Crippen molar-refractivity contribution in [1.82, 2.24) is 0 Å². The Kier molecular flexibility index (Phi) is 52.7. The molecule has 0 heterocycles. The number of rotatable bonds is 0. The molecule has 0 amide bonds. The maximum atomic E-state index is 8.25. The molecule has 3 radical (unpaired) electrons. The Balaban J connectivity index is -0.0000000150. The van der Waals surface area contributed by atoms with Crippen LogP contribution in [0, 0.1) is 15.3 Å². The molecule has 0 saturated carbocycles. The third-order valence-electron chi connectivity index (χ3n) is 0. The van der Waals surface area contributed by atoms with Crippen LogP contribution in [0.1, 0.15) is 0 Å². The van der Waals surface area contributed by atoms with Crippen molar-refractivity contribution in [3.63, 3.8) is 0 Å². The molecule has 0 N–H and O–H groups in total. The van der Waals surface area contributed by atoms with Crippen molar-refractivity contribution in [1.29, 1.82) is 0 Å². The first-order chi connectivity index (χ1) is 1.73. The molecule has 0 spiro atoms. The summed E-state index contributed by atoms with van der Waals surface area (Å²) in [6.45, 7) is 0. The molecule has 0 unspecified atom stereocenters. The van der Waals surface area contributed by atoms with Gasteiger partial charge < -0.3 is 15.3 Å². The molecule has 0 aliphatic carbocycles. The van der Waals surface area contributed by atoms with Gasteiger partial charge in [-0.3, -0.25) is 0 Å². The summed E-state index contributed by atoms with van der Waals surface area (Å²) in [6.07, 6.45) is 0. The first-order valence-electron chi connectivity index (χ1n) is 0.548. The van der Waals surface area contributed by atoms with Gasteiger partial charge in [-0.25, -0.2) is 0 Å². The maximum Gasteiger partial charge on any atom is 1.00 e. The summed E-state index contributed by atoms with van der Waals surface area (Å²) in [5, 5.41) is 14.8. The second-order valence-electron chi connectivity index (χ2n) is 0.224.